The molecule has 0 spiro atoms. The van der Waals surface area contributed by atoms with Crippen LogP contribution in [0.1, 0.15) is 50.2 Å². The molecule has 0 unspecified atom stereocenters. The molecule has 0 aliphatic heterocycles. The molecule has 1 aliphatic carbocycles. The molecule has 2 aromatic rings. The van der Waals surface area contributed by atoms with E-state index in [1.54, 1.807) is 37.3 Å². The second kappa shape index (κ2) is 12.4. The topological polar surface area (TPSA) is 86.8 Å². The van der Waals surface area contributed by atoms with E-state index in [2.05, 4.69) is 5.32 Å². The second-order valence-corrected chi connectivity index (χ2v) is 11.7. The lowest BCUT2D eigenvalue weighted by molar-refractivity contribution is -0.140. The average Bonchev–Trinajstić information content (AvgIpc) is 3.35. The molecule has 7 nitrogen and oxygen atoms in total. The van der Waals surface area contributed by atoms with Gasteiger partial charge in [0.25, 0.3) is 0 Å². The van der Waals surface area contributed by atoms with Gasteiger partial charge in [0.1, 0.15) is 12.6 Å². The minimum absolute atomic E-state index is 0.00704. The number of benzene rings is 2. The normalized spacial score (nSPS) is 15.2. The predicted octanol–water partition coefficient (Wildman–Crippen LogP) is 4.99. The fraction of sp³-hybridized carbons (Fsp3) is 0.462. The summed E-state index contributed by atoms with van der Waals surface area (Å²) in [6.07, 6.45) is -0.0881. The summed E-state index contributed by atoms with van der Waals surface area (Å²) >= 11 is 5.70. The Morgan fingerprint density at radius 3 is 2.29 bits per heavy atom. The first-order chi connectivity index (χ1) is 17.8. The van der Waals surface area contributed by atoms with Crippen LogP contribution in [0.15, 0.2) is 48.5 Å². The number of hydrogen-bond acceptors (Lipinski definition) is 4. The van der Waals surface area contributed by atoms with Crippen molar-refractivity contribution >= 4 is 39.1 Å². The van der Waals surface area contributed by atoms with Crippen molar-refractivity contribution < 1.29 is 31.2 Å². The van der Waals surface area contributed by atoms with Crippen LogP contribution in [0.5, 0.6) is 0 Å². The highest BCUT2D eigenvalue weighted by atomic mass is 35.5. The number of rotatable bonds is 10. The molecule has 0 radical (unpaired) electrons. The predicted molar refractivity (Wildman–Crippen MR) is 140 cm³/mol. The zero-order chi connectivity index (χ0) is 28.1. The van der Waals surface area contributed by atoms with Crippen LogP contribution in [-0.2, 0) is 32.3 Å². The second-order valence-electron chi connectivity index (χ2n) is 9.35. The van der Waals surface area contributed by atoms with E-state index < -0.39 is 45.3 Å². The fourth-order valence-corrected chi connectivity index (χ4v) is 5.63. The minimum atomic E-state index is -4.83. The Morgan fingerprint density at radius 2 is 1.74 bits per heavy atom. The summed E-state index contributed by atoms with van der Waals surface area (Å²) in [5, 5.41) is 2.40. The Balaban J connectivity index is 1.96. The molecule has 1 fully saturated rings. The van der Waals surface area contributed by atoms with Crippen molar-refractivity contribution in [1.82, 2.24) is 10.2 Å². The van der Waals surface area contributed by atoms with E-state index >= 15 is 0 Å². The number of sulfonamides is 1. The van der Waals surface area contributed by atoms with Gasteiger partial charge in [0, 0.05) is 12.6 Å². The SMILES string of the molecule is CC[C@@H](C(=O)NC1CCCC1)N(Cc1ccccc1)C(=O)CN(c1ccc(Cl)c(C(F)(F)F)c1)S(C)(=O)=O. The lowest BCUT2D eigenvalue weighted by Gasteiger charge is -2.33. The molecule has 1 saturated carbocycles. The molecular weight excluding hydrogens is 543 g/mol. The monoisotopic (exact) mass is 573 g/mol. The van der Waals surface area contributed by atoms with Crippen molar-refractivity contribution in [3.63, 3.8) is 0 Å². The maximum absolute atomic E-state index is 13.7. The van der Waals surface area contributed by atoms with E-state index in [1.165, 1.54) is 4.90 Å². The smallest absolute Gasteiger partial charge is 0.352 e. The molecule has 1 N–H and O–H groups in total. The van der Waals surface area contributed by atoms with Gasteiger partial charge in [-0.15, -0.1) is 0 Å². The molecule has 0 aromatic heterocycles. The molecule has 2 aromatic carbocycles. The van der Waals surface area contributed by atoms with E-state index in [9.17, 15) is 31.2 Å². The number of carbonyl (C=O) groups is 2. The average molecular weight is 574 g/mol. The standard InChI is InChI=1S/C26H31ClF3N3O4S/c1-3-23(25(35)31-19-11-7-8-12-19)32(16-18-9-5-4-6-10-18)24(34)17-33(38(2,36)37)20-13-14-22(27)21(15-20)26(28,29)30/h4-6,9-10,13-15,19,23H,3,7-8,11-12,16-17H2,1-2H3,(H,31,35)/t23-/m0/s1. The Labute approximate surface area is 226 Å². The highest BCUT2D eigenvalue weighted by Crippen LogP contribution is 2.37. The molecule has 38 heavy (non-hydrogen) atoms. The summed E-state index contributed by atoms with van der Waals surface area (Å²) in [5.41, 5.74) is -0.869. The maximum atomic E-state index is 13.7. The van der Waals surface area contributed by atoms with E-state index in [-0.39, 0.29) is 30.6 Å². The van der Waals surface area contributed by atoms with Crippen LogP contribution in [0.4, 0.5) is 18.9 Å². The Morgan fingerprint density at radius 1 is 1.11 bits per heavy atom. The summed E-state index contributed by atoms with van der Waals surface area (Å²) in [4.78, 5) is 28.2. The number of anilines is 1. The zero-order valence-electron chi connectivity index (χ0n) is 21.2. The van der Waals surface area contributed by atoms with E-state index in [0.29, 0.717) is 15.9 Å². The van der Waals surface area contributed by atoms with Crippen LogP contribution in [0.2, 0.25) is 5.02 Å². The molecular formula is C26H31ClF3N3O4S. The van der Waals surface area contributed by atoms with E-state index in [1.807, 2.05) is 0 Å². The third-order valence-electron chi connectivity index (χ3n) is 6.51. The van der Waals surface area contributed by atoms with Gasteiger partial charge in [-0.3, -0.25) is 13.9 Å². The van der Waals surface area contributed by atoms with Crippen molar-refractivity contribution in [3.05, 3.63) is 64.7 Å². The molecule has 0 heterocycles. The van der Waals surface area contributed by atoms with Gasteiger partial charge in [-0.2, -0.15) is 13.2 Å². The van der Waals surface area contributed by atoms with Crippen LogP contribution in [0, 0.1) is 0 Å². The lowest BCUT2D eigenvalue weighted by Crippen LogP contribution is -2.53. The number of carbonyl (C=O) groups excluding carboxylic acids is 2. The first-order valence-corrected chi connectivity index (χ1v) is 14.5. The van der Waals surface area contributed by atoms with Gasteiger partial charge in [-0.1, -0.05) is 61.7 Å². The van der Waals surface area contributed by atoms with Gasteiger partial charge in [0.15, 0.2) is 0 Å². The van der Waals surface area contributed by atoms with Gasteiger partial charge < -0.3 is 10.2 Å². The number of halogens is 4. The first-order valence-electron chi connectivity index (χ1n) is 12.3. The van der Waals surface area contributed by atoms with Gasteiger partial charge in [0.2, 0.25) is 21.8 Å². The summed E-state index contributed by atoms with van der Waals surface area (Å²) in [6, 6.07) is 10.6. The first kappa shape index (κ1) is 29.8. The molecule has 1 atom stereocenters. The number of hydrogen-bond donors (Lipinski definition) is 1. The largest absolute Gasteiger partial charge is 0.417 e. The van der Waals surface area contributed by atoms with Crippen molar-refractivity contribution in [1.29, 1.82) is 0 Å². The van der Waals surface area contributed by atoms with Crippen molar-refractivity contribution in [2.75, 3.05) is 17.1 Å². The third kappa shape index (κ3) is 7.63. The van der Waals surface area contributed by atoms with Crippen molar-refractivity contribution in [2.24, 2.45) is 0 Å². The highest BCUT2D eigenvalue weighted by Gasteiger charge is 2.36. The van der Waals surface area contributed by atoms with Crippen molar-refractivity contribution in [2.45, 2.75) is 63.8 Å². The van der Waals surface area contributed by atoms with Gasteiger partial charge in [-0.05, 0) is 43.0 Å². The van der Waals surface area contributed by atoms with Crippen LogP contribution in [0.3, 0.4) is 0 Å². The van der Waals surface area contributed by atoms with E-state index in [4.69, 9.17) is 11.6 Å². The molecule has 12 heteroatoms. The molecule has 0 saturated heterocycles. The summed E-state index contributed by atoms with van der Waals surface area (Å²) < 4.78 is 66.3. The quantitative estimate of drug-likeness (QED) is 0.434. The van der Waals surface area contributed by atoms with Gasteiger partial charge in [-0.25, -0.2) is 8.42 Å². The summed E-state index contributed by atoms with van der Waals surface area (Å²) in [5.74, 6) is -1.07. The fourth-order valence-electron chi connectivity index (χ4n) is 4.57. The van der Waals surface area contributed by atoms with Crippen molar-refractivity contribution in [3.8, 4) is 0 Å². The molecule has 2 amide bonds. The molecule has 1 aliphatic rings. The highest BCUT2D eigenvalue weighted by molar-refractivity contribution is 7.92. The number of amides is 2. The molecule has 208 valence electrons. The lowest BCUT2D eigenvalue weighted by atomic mass is 10.1. The molecule has 0 bridgehead atoms. The Hall–Kier alpha value is -2.79. The zero-order valence-corrected chi connectivity index (χ0v) is 22.7. The maximum Gasteiger partial charge on any atom is 0.417 e. The van der Waals surface area contributed by atoms with Gasteiger partial charge in [0.05, 0.1) is 22.5 Å². The van der Waals surface area contributed by atoms with E-state index in [0.717, 1.165) is 44.1 Å². The summed E-state index contributed by atoms with van der Waals surface area (Å²) in [6.45, 7) is 0.966. The number of nitrogens with one attached hydrogen (secondary N) is 1. The van der Waals surface area contributed by atoms with Crippen LogP contribution < -0.4 is 9.62 Å². The molecule has 3 rings (SSSR count). The third-order valence-corrected chi connectivity index (χ3v) is 7.98. The Bertz CT molecular complexity index is 1240. The van der Waals surface area contributed by atoms with Crippen LogP contribution in [-0.4, -0.2) is 50.0 Å². The van der Waals surface area contributed by atoms with Crippen LogP contribution >= 0.6 is 11.6 Å². The minimum Gasteiger partial charge on any atom is -0.352 e. The Kier molecular flexibility index (Phi) is 9.69. The number of nitrogens with zero attached hydrogens (tertiary/aromatic N) is 2. The van der Waals surface area contributed by atoms with Gasteiger partial charge >= 0.3 is 6.18 Å². The number of alkyl halides is 3. The van der Waals surface area contributed by atoms with Crippen LogP contribution in [0.25, 0.3) is 0 Å². The summed E-state index contributed by atoms with van der Waals surface area (Å²) in [7, 11) is -4.19.